The first kappa shape index (κ1) is 113. The summed E-state index contributed by atoms with van der Waals surface area (Å²) >= 11 is 12.5. The van der Waals surface area contributed by atoms with Gasteiger partial charge in [-0.2, -0.15) is 0 Å². The highest BCUT2D eigenvalue weighted by atomic mass is 79.9. The molecular weight excluding hydrogens is 2140 g/mol. The Hall–Kier alpha value is -11.1. The lowest BCUT2D eigenvalue weighted by Gasteiger charge is -2.22. The van der Waals surface area contributed by atoms with Crippen LogP contribution in [-0.2, 0) is 125 Å². The number of rotatable bonds is 42. The van der Waals surface area contributed by atoms with E-state index in [2.05, 4.69) is 299 Å². The molecular formula is C114H122Br4O20S4+4. The third-order valence-electron chi connectivity index (χ3n) is 21.4. The quantitative estimate of drug-likeness (QED) is 0.0113. The molecule has 0 bridgehead atoms. The average Bonchev–Trinajstić information content (AvgIpc) is 0.811. The normalized spacial score (nSPS) is 13.4. The molecule has 12 aromatic rings. The number of benzene rings is 12. The minimum absolute atomic E-state index is 0.00768. The second-order valence-electron chi connectivity index (χ2n) is 33.7. The van der Waals surface area contributed by atoms with E-state index < -0.39 is 67.1 Å². The van der Waals surface area contributed by atoms with Gasteiger partial charge in [-0.05, 0) is 276 Å². The fourth-order valence-electron chi connectivity index (χ4n) is 14.0. The molecule has 8 unspecified atom stereocenters. The van der Waals surface area contributed by atoms with E-state index in [1.807, 2.05) is 121 Å². The smallest absolute Gasteiger partial charge is 0.344 e. The summed E-state index contributed by atoms with van der Waals surface area (Å²) in [5.41, 5.74) is 5.39. The van der Waals surface area contributed by atoms with Gasteiger partial charge in [0.05, 0.1) is 43.6 Å². The van der Waals surface area contributed by atoms with Crippen molar-refractivity contribution >= 4 is 155 Å². The van der Waals surface area contributed by atoms with Gasteiger partial charge in [-0.15, -0.1) is 0 Å². The fraction of sp³-hybridized carbons (Fsp3) is 0.298. The van der Waals surface area contributed by atoms with Crippen molar-refractivity contribution in [2.24, 2.45) is 0 Å². The molecule has 13 rings (SSSR count). The minimum Gasteiger partial charge on any atom is -0.482 e. The van der Waals surface area contributed by atoms with Gasteiger partial charge in [-0.25, -0.2) is 19.2 Å². The van der Waals surface area contributed by atoms with E-state index in [-0.39, 0.29) is 128 Å². The Morgan fingerprint density at radius 2 is 0.486 bits per heavy atom. The number of carbonyl (C=O) groups excluding carboxylic acids is 8. The van der Waals surface area contributed by atoms with Crippen LogP contribution in [0.3, 0.4) is 0 Å². The molecule has 1 aliphatic carbocycles. The predicted octanol–water partition coefficient (Wildman–Crippen LogP) is 24.9. The number of alkyl halides is 4. The maximum absolute atomic E-state index is 12.0. The maximum atomic E-state index is 12.0. The van der Waals surface area contributed by atoms with Gasteiger partial charge in [0.25, 0.3) is 0 Å². The van der Waals surface area contributed by atoms with Crippen LogP contribution < -0.4 is 18.9 Å². The van der Waals surface area contributed by atoms with Crippen molar-refractivity contribution in [3.8, 4) is 23.0 Å². The number of aryl methyl sites for hydroxylation is 1. The van der Waals surface area contributed by atoms with Gasteiger partial charge in [0.15, 0.2) is 85.2 Å². The first-order chi connectivity index (χ1) is 68.4. The molecule has 0 spiro atoms. The number of ether oxygens (including phenoxy) is 12. The van der Waals surface area contributed by atoms with Gasteiger partial charge < -0.3 is 56.8 Å². The van der Waals surface area contributed by atoms with Crippen molar-refractivity contribution in [1.82, 2.24) is 0 Å². The van der Waals surface area contributed by atoms with Crippen LogP contribution in [0.1, 0.15) is 129 Å². The summed E-state index contributed by atoms with van der Waals surface area (Å²) < 4.78 is 62.3. The van der Waals surface area contributed by atoms with Crippen molar-refractivity contribution in [2.75, 3.05) is 79.3 Å². The molecule has 142 heavy (non-hydrogen) atoms. The zero-order valence-electron chi connectivity index (χ0n) is 81.3. The van der Waals surface area contributed by atoms with Crippen LogP contribution in [-0.4, -0.2) is 146 Å². The molecule has 20 nitrogen and oxygen atoms in total. The third-order valence-corrected chi connectivity index (χ3v) is 31.8. The van der Waals surface area contributed by atoms with Crippen molar-refractivity contribution in [1.29, 1.82) is 0 Å². The standard InChI is InChI=1S/C31H34BrO5S.C29H32BrO5S.C28H30BrO5S.C26H26BrO5S/c1-23(32)31(34)36-21-20-35-30(33)22-37-26-14-18-29(19-15-26)38(27-10-6-3-7-11-27)28-16-12-25(13-17-28)24-8-4-2-5-9-24;1-21(30)28(32)34-19-18-33-27(31)20-35-23-12-16-26(17-13-23)36(24-8-6-5-7-9-24)25-14-10-22(11-15-25)29(2,3)4;1-20(2)22-9-13-25(14-10-22)35(24-7-5-4-6-8-24)26-15-11-23(12-16-26)34-19-27(30)32-17-18-33-28(31)21(3)29;1-19-8-12-23(13-9-19)33(22-6-4-3-5-7-22)24-14-10-21(11-15-24)32-18-25(28)30-16-17-31-26(29)20(2)27/h3,6-7,10-19,23-24H,2,4-5,8-9,20-22H2,1H3;5-17,21H,18-20H2,1-4H3;4-16,20-21H,17-19H2,1-3H3;3-15,20H,16-18H2,1-2H3/q4*+1. The first-order valence-corrected chi connectivity index (χ1v) is 55.3. The topological polar surface area (TPSA) is 247 Å². The molecule has 1 fully saturated rings. The summed E-state index contributed by atoms with van der Waals surface area (Å²) in [5.74, 6) is -0.177. The van der Waals surface area contributed by atoms with E-state index in [4.69, 9.17) is 56.8 Å². The molecule has 1 aliphatic rings. The van der Waals surface area contributed by atoms with Gasteiger partial charge in [-0.1, -0.05) is 244 Å². The summed E-state index contributed by atoms with van der Waals surface area (Å²) in [6.45, 7) is 18.9. The molecule has 12 aromatic carbocycles. The van der Waals surface area contributed by atoms with Crippen LogP contribution in [0, 0.1) is 6.92 Å². The molecule has 0 saturated heterocycles. The zero-order chi connectivity index (χ0) is 102. The number of carbonyl (C=O) groups is 8. The van der Waals surface area contributed by atoms with Gasteiger partial charge >= 0.3 is 47.8 Å². The number of hydrogen-bond acceptors (Lipinski definition) is 20. The van der Waals surface area contributed by atoms with Crippen molar-refractivity contribution in [3.05, 3.63) is 338 Å². The van der Waals surface area contributed by atoms with E-state index in [0.29, 0.717) is 34.8 Å². The lowest BCUT2D eigenvalue weighted by atomic mass is 9.84. The largest absolute Gasteiger partial charge is 0.482 e. The van der Waals surface area contributed by atoms with Gasteiger partial charge in [0.1, 0.15) is 95.2 Å². The molecule has 1 saturated carbocycles. The van der Waals surface area contributed by atoms with E-state index in [1.165, 1.54) is 98.4 Å². The van der Waals surface area contributed by atoms with Crippen molar-refractivity contribution < 1.29 is 95.2 Å². The van der Waals surface area contributed by atoms with Crippen LogP contribution in [0.15, 0.2) is 374 Å². The van der Waals surface area contributed by atoms with Crippen LogP contribution in [0.4, 0.5) is 0 Å². The Morgan fingerprint density at radius 3 is 0.718 bits per heavy atom. The van der Waals surface area contributed by atoms with E-state index in [9.17, 15) is 38.4 Å². The van der Waals surface area contributed by atoms with E-state index >= 15 is 0 Å². The Kier molecular flexibility index (Phi) is 47.6. The molecule has 746 valence electrons. The van der Waals surface area contributed by atoms with Gasteiger partial charge in [-0.3, -0.25) is 19.2 Å². The van der Waals surface area contributed by atoms with Gasteiger partial charge in [0, 0.05) is 0 Å². The highest BCUT2D eigenvalue weighted by Gasteiger charge is 2.35. The lowest BCUT2D eigenvalue weighted by molar-refractivity contribution is -0.153. The van der Waals surface area contributed by atoms with Gasteiger partial charge in [0.2, 0.25) is 0 Å². The predicted molar refractivity (Wildman–Crippen MR) is 573 cm³/mol. The molecule has 28 heteroatoms. The van der Waals surface area contributed by atoms with Crippen LogP contribution in [0.5, 0.6) is 23.0 Å². The zero-order valence-corrected chi connectivity index (χ0v) is 90.9. The maximum Gasteiger partial charge on any atom is 0.344 e. The summed E-state index contributed by atoms with van der Waals surface area (Å²) in [7, 11) is -1.04. The summed E-state index contributed by atoms with van der Waals surface area (Å²) in [5, 5.41) is 0. The van der Waals surface area contributed by atoms with Crippen LogP contribution >= 0.6 is 63.7 Å². The second-order valence-corrected chi connectivity index (χ2v) is 47.3. The van der Waals surface area contributed by atoms with Crippen molar-refractivity contribution in [2.45, 2.75) is 197 Å². The van der Waals surface area contributed by atoms with Crippen molar-refractivity contribution in [3.63, 3.8) is 0 Å². The lowest BCUT2D eigenvalue weighted by Crippen LogP contribution is -2.20. The third kappa shape index (κ3) is 38.2. The Bertz CT molecular complexity index is 5850. The first-order valence-electron chi connectivity index (χ1n) is 46.8. The summed E-state index contributed by atoms with van der Waals surface area (Å²) in [4.78, 5) is 106. The Balaban J connectivity index is 0.000000195. The fourth-order valence-corrected chi connectivity index (χ4v) is 22.8. The average molecular weight is 2260 g/mol. The second kappa shape index (κ2) is 59.9. The summed E-state index contributed by atoms with van der Waals surface area (Å²) in [6, 6.07) is 109. The molecule has 8 atom stereocenters. The molecule has 0 N–H and O–H groups in total. The van der Waals surface area contributed by atoms with E-state index in [0.717, 1.165) is 14.7 Å². The molecule has 0 amide bonds. The minimum atomic E-state index is -0.523. The van der Waals surface area contributed by atoms with E-state index in [1.54, 1.807) is 27.7 Å². The summed E-state index contributed by atoms with van der Waals surface area (Å²) in [6.07, 6.45) is 6.62. The Morgan fingerprint density at radius 1 is 0.275 bits per heavy atom. The molecule has 0 radical (unpaired) electrons. The SMILES string of the molecule is CC(Br)C(=O)OCCOC(=O)COc1ccc([S+](c2ccccc2)c2ccc(C(C)(C)C)cc2)cc1.CC(Br)C(=O)OCCOC(=O)COc1ccc([S+](c2ccccc2)c2ccc(C(C)C)cc2)cc1.CC(Br)C(=O)OCCOC(=O)COc1ccc([S+](c2ccccc2)c2ccc(C3CCCCC3)cc2)cc1.Cc1ccc([S+](c2ccccc2)c2ccc(OCC(=O)OCCOC(=O)C(C)Br)cc2)cc1. The molecule has 0 aromatic heterocycles. The molecule has 0 heterocycles. The monoisotopic (exact) mass is 2250 g/mol. The number of hydrogen-bond donors (Lipinski definition) is 0. The molecule has 0 aliphatic heterocycles. The van der Waals surface area contributed by atoms with Crippen LogP contribution in [0.25, 0.3) is 0 Å². The highest BCUT2D eigenvalue weighted by molar-refractivity contribution is 9.10. The number of esters is 8. The van der Waals surface area contributed by atoms with Crippen LogP contribution in [0.2, 0.25) is 0 Å². The Labute approximate surface area is 879 Å². The highest BCUT2D eigenvalue weighted by Crippen LogP contribution is 2.40. The number of halogens is 4.